The van der Waals surface area contributed by atoms with Gasteiger partial charge in [0.1, 0.15) is 18.2 Å². The quantitative estimate of drug-likeness (QED) is 0.403. The highest BCUT2D eigenvalue weighted by molar-refractivity contribution is 5.92. The Bertz CT molecular complexity index is 1600. The monoisotopic (exact) mass is 675 g/mol. The minimum Gasteiger partial charge on any atom is -0.462 e. The molecule has 3 heterocycles. The van der Waals surface area contributed by atoms with Crippen molar-refractivity contribution in [2.45, 2.75) is 116 Å². The van der Waals surface area contributed by atoms with Gasteiger partial charge in [0.25, 0.3) is 11.8 Å². The number of carbonyl (C=O) groups excluding carboxylic acids is 5. The van der Waals surface area contributed by atoms with Gasteiger partial charge in [0.15, 0.2) is 6.10 Å². The standard InChI is InChI=1S/C37H49N5O7/c1-6-8-31(43)48-27-15-18-37(19-16-27)17-14-25-10-11-26-12-13-28(40-30(26)21-25)23(4)38-33(44)29-9-7-20-42(41-29)35(46)24(5)39-34(45)32(22(2)3)49-36(37)47/h10-14,17,21-24,27,29,32,41H,6-9,15-16,18-20H2,1-5H3,(H,38,44)(H,39,45)/b17-14+/t23-,24+,27-,29+,32+,37+/m1/s1. The molecule has 5 rings (SSSR count). The van der Waals surface area contributed by atoms with Crippen LogP contribution in [0.3, 0.4) is 0 Å². The zero-order chi connectivity index (χ0) is 35.3. The number of amides is 3. The zero-order valence-electron chi connectivity index (χ0n) is 29.1. The third kappa shape index (κ3) is 8.46. The van der Waals surface area contributed by atoms with Crippen LogP contribution in [0.5, 0.6) is 0 Å². The van der Waals surface area contributed by atoms with Gasteiger partial charge < -0.3 is 20.1 Å². The molecule has 12 heteroatoms. The van der Waals surface area contributed by atoms with Gasteiger partial charge >= 0.3 is 11.9 Å². The average Bonchev–Trinajstić information content (AvgIpc) is 3.09. The molecule has 0 radical (unpaired) electrons. The first-order valence-corrected chi connectivity index (χ1v) is 17.6. The Morgan fingerprint density at radius 2 is 1.73 bits per heavy atom. The maximum Gasteiger partial charge on any atom is 0.316 e. The first-order valence-electron chi connectivity index (χ1n) is 17.6. The van der Waals surface area contributed by atoms with Crippen LogP contribution in [-0.2, 0) is 33.4 Å². The van der Waals surface area contributed by atoms with Gasteiger partial charge in [0.2, 0.25) is 5.91 Å². The molecule has 1 aliphatic carbocycles. The summed E-state index contributed by atoms with van der Waals surface area (Å²) in [6.07, 6.45) is 6.09. The Hall–Kier alpha value is -4.32. The van der Waals surface area contributed by atoms with E-state index in [9.17, 15) is 24.0 Å². The van der Waals surface area contributed by atoms with Crippen molar-refractivity contribution in [3.63, 3.8) is 0 Å². The number of fused-ring (bicyclic) bond motifs is 4. The number of rotatable bonds is 4. The highest BCUT2D eigenvalue weighted by Crippen LogP contribution is 2.41. The SMILES string of the molecule is CCCC(=O)O[C@H]1CC[C@]2(/C=C/c3ccc4ccc(nc4c3)[C@@H](C)NC(=O)[C@@H]3CCCN(N3)C(=O)[C@H](C)NC(=O)[C@H](C(C)C)OC2=O)CC1. The van der Waals surface area contributed by atoms with Crippen LogP contribution in [0.1, 0.15) is 103 Å². The molecule has 4 atom stereocenters. The Morgan fingerprint density at radius 3 is 2.45 bits per heavy atom. The van der Waals surface area contributed by atoms with Crippen LogP contribution in [-0.4, -0.2) is 70.5 Å². The van der Waals surface area contributed by atoms with Crippen molar-refractivity contribution in [3.05, 3.63) is 47.7 Å². The molecule has 1 saturated heterocycles. The fourth-order valence-electron chi connectivity index (χ4n) is 6.70. The molecule has 1 spiro atoms. The normalized spacial score (nSPS) is 29.3. The molecular weight excluding hydrogens is 626 g/mol. The van der Waals surface area contributed by atoms with E-state index in [1.807, 2.05) is 56.3 Å². The molecule has 2 aliphatic heterocycles. The van der Waals surface area contributed by atoms with Gasteiger partial charge in [0.05, 0.1) is 22.7 Å². The van der Waals surface area contributed by atoms with Crippen LogP contribution in [0.2, 0.25) is 0 Å². The summed E-state index contributed by atoms with van der Waals surface area (Å²) in [6.45, 7) is 9.30. The number of aromatic nitrogens is 1. The van der Waals surface area contributed by atoms with Gasteiger partial charge in [0, 0.05) is 18.4 Å². The van der Waals surface area contributed by atoms with Gasteiger partial charge in [-0.1, -0.05) is 51.1 Å². The lowest BCUT2D eigenvalue weighted by atomic mass is 9.72. The summed E-state index contributed by atoms with van der Waals surface area (Å²) in [5.41, 5.74) is 4.20. The number of cyclic esters (lactones) is 1. The Labute approximate surface area is 287 Å². The summed E-state index contributed by atoms with van der Waals surface area (Å²) in [7, 11) is 0. The summed E-state index contributed by atoms with van der Waals surface area (Å²) < 4.78 is 11.7. The molecule has 5 bridgehead atoms. The van der Waals surface area contributed by atoms with E-state index < -0.39 is 47.4 Å². The third-order valence-electron chi connectivity index (χ3n) is 9.71. The number of nitrogens with zero attached hydrogens (tertiary/aromatic N) is 2. The zero-order valence-corrected chi connectivity index (χ0v) is 29.1. The minimum atomic E-state index is -1.15. The number of nitrogens with one attached hydrogen (secondary N) is 3. The van der Waals surface area contributed by atoms with E-state index >= 15 is 0 Å². The second-order valence-corrected chi connectivity index (χ2v) is 14.0. The fourth-order valence-corrected chi connectivity index (χ4v) is 6.70. The molecule has 12 nitrogen and oxygen atoms in total. The third-order valence-corrected chi connectivity index (χ3v) is 9.71. The number of pyridine rings is 1. The Morgan fingerprint density at radius 1 is 1.02 bits per heavy atom. The van der Waals surface area contributed by atoms with Crippen LogP contribution < -0.4 is 16.1 Å². The van der Waals surface area contributed by atoms with Crippen molar-refractivity contribution < 1.29 is 33.4 Å². The predicted octanol–water partition coefficient (Wildman–Crippen LogP) is 4.28. The molecule has 2 aromatic rings. The number of esters is 2. The maximum absolute atomic E-state index is 14.2. The maximum atomic E-state index is 14.2. The van der Waals surface area contributed by atoms with E-state index in [1.165, 1.54) is 5.01 Å². The van der Waals surface area contributed by atoms with Crippen molar-refractivity contribution in [1.82, 2.24) is 26.1 Å². The molecule has 2 fully saturated rings. The van der Waals surface area contributed by atoms with Crippen LogP contribution in [0, 0.1) is 11.3 Å². The van der Waals surface area contributed by atoms with E-state index in [4.69, 9.17) is 14.5 Å². The van der Waals surface area contributed by atoms with E-state index in [0.29, 0.717) is 63.6 Å². The van der Waals surface area contributed by atoms with E-state index in [2.05, 4.69) is 16.1 Å². The van der Waals surface area contributed by atoms with Crippen LogP contribution in [0.4, 0.5) is 0 Å². The van der Waals surface area contributed by atoms with Crippen LogP contribution in [0.25, 0.3) is 17.0 Å². The molecule has 3 aliphatic rings. The fraction of sp³-hybridized carbons (Fsp3) is 0.568. The Kier molecular flexibility index (Phi) is 11.4. The molecule has 264 valence electrons. The van der Waals surface area contributed by atoms with Gasteiger partial charge in [-0.05, 0) is 82.4 Å². The van der Waals surface area contributed by atoms with Crippen molar-refractivity contribution in [2.24, 2.45) is 11.3 Å². The van der Waals surface area contributed by atoms with Crippen molar-refractivity contribution >= 4 is 46.6 Å². The van der Waals surface area contributed by atoms with Crippen LogP contribution in [0.15, 0.2) is 36.4 Å². The lowest BCUT2D eigenvalue weighted by Crippen LogP contribution is -2.61. The van der Waals surface area contributed by atoms with Crippen molar-refractivity contribution in [3.8, 4) is 0 Å². The van der Waals surface area contributed by atoms with E-state index in [1.54, 1.807) is 20.8 Å². The summed E-state index contributed by atoms with van der Waals surface area (Å²) in [4.78, 5) is 71.6. The predicted molar refractivity (Wildman–Crippen MR) is 183 cm³/mol. The molecular formula is C37H49N5O7. The van der Waals surface area contributed by atoms with Gasteiger partial charge in [-0.2, -0.15) is 0 Å². The van der Waals surface area contributed by atoms with E-state index in [0.717, 1.165) is 16.5 Å². The Balaban J connectivity index is 1.50. The summed E-state index contributed by atoms with van der Waals surface area (Å²) >= 11 is 0. The van der Waals surface area contributed by atoms with Crippen molar-refractivity contribution in [1.29, 1.82) is 0 Å². The number of carbonyl (C=O) groups is 5. The summed E-state index contributed by atoms with van der Waals surface area (Å²) in [5, 5.41) is 8.07. The molecule has 1 saturated carbocycles. The van der Waals surface area contributed by atoms with Gasteiger partial charge in [-0.3, -0.25) is 34.0 Å². The van der Waals surface area contributed by atoms with E-state index in [-0.39, 0.29) is 23.9 Å². The minimum absolute atomic E-state index is 0.249. The first-order chi connectivity index (χ1) is 23.4. The molecule has 0 unspecified atom stereocenters. The molecule has 1 aromatic heterocycles. The smallest absolute Gasteiger partial charge is 0.316 e. The molecule has 3 N–H and O–H groups in total. The molecule has 3 amide bonds. The van der Waals surface area contributed by atoms with Gasteiger partial charge in [-0.25, -0.2) is 5.43 Å². The lowest BCUT2D eigenvalue weighted by molar-refractivity contribution is -0.170. The highest BCUT2D eigenvalue weighted by Gasteiger charge is 2.44. The number of hydrazine groups is 1. The second-order valence-electron chi connectivity index (χ2n) is 14.0. The number of hydrogen-bond acceptors (Lipinski definition) is 9. The molecule has 49 heavy (non-hydrogen) atoms. The topological polar surface area (TPSA) is 156 Å². The van der Waals surface area contributed by atoms with Crippen molar-refractivity contribution in [2.75, 3.05) is 6.54 Å². The number of ether oxygens (including phenoxy) is 2. The highest BCUT2D eigenvalue weighted by atomic mass is 16.6. The summed E-state index contributed by atoms with van der Waals surface area (Å²) in [5.74, 6) is -2.41. The van der Waals surface area contributed by atoms with Crippen LogP contribution >= 0.6 is 0 Å². The first kappa shape index (κ1) is 36.0. The largest absolute Gasteiger partial charge is 0.462 e. The summed E-state index contributed by atoms with van der Waals surface area (Å²) in [6, 6.07) is 7.69. The van der Waals surface area contributed by atoms with Gasteiger partial charge in [-0.15, -0.1) is 0 Å². The second kappa shape index (κ2) is 15.5. The average molecular weight is 676 g/mol. The lowest BCUT2D eigenvalue weighted by Gasteiger charge is -2.37. The molecule has 1 aromatic carbocycles. The number of benzene rings is 1. The number of hydrogen-bond donors (Lipinski definition) is 3.